The van der Waals surface area contributed by atoms with Crippen molar-refractivity contribution in [2.75, 3.05) is 0 Å². The van der Waals surface area contributed by atoms with Crippen molar-refractivity contribution in [3.63, 3.8) is 0 Å². The lowest BCUT2D eigenvalue weighted by atomic mass is 9.87. The number of aromatic amines is 1. The van der Waals surface area contributed by atoms with E-state index in [0.717, 1.165) is 28.2 Å². The number of fused-ring (bicyclic) bond motifs is 1. The number of nitrogens with one attached hydrogen (secondary N) is 1. The molecule has 1 aliphatic rings. The topological polar surface area (TPSA) is 59.4 Å². The van der Waals surface area contributed by atoms with Gasteiger partial charge in [-0.2, -0.15) is 5.10 Å². The highest BCUT2D eigenvalue weighted by atomic mass is 15.3. The third-order valence-corrected chi connectivity index (χ3v) is 4.59. The first-order valence-electron chi connectivity index (χ1n) is 7.64. The molecule has 0 saturated heterocycles. The maximum Gasteiger partial charge on any atom is 0.141 e. The van der Waals surface area contributed by atoms with Crippen LogP contribution in [0.15, 0.2) is 31.0 Å². The molecule has 5 heteroatoms. The SMILES string of the molecule is CC1CCC(n2cc(-c3ncnc4[nH]ccc34)cn2)CC1. The molecule has 1 N–H and O–H groups in total. The number of nitrogens with zero attached hydrogens (tertiary/aromatic N) is 4. The Bertz CT molecular complexity index is 749. The second-order valence-corrected chi connectivity index (χ2v) is 6.08. The minimum Gasteiger partial charge on any atom is -0.346 e. The fraction of sp³-hybridized carbons (Fsp3) is 0.438. The first-order valence-corrected chi connectivity index (χ1v) is 7.64. The van der Waals surface area contributed by atoms with E-state index in [1.54, 1.807) is 6.33 Å². The highest BCUT2D eigenvalue weighted by Crippen LogP contribution is 2.32. The van der Waals surface area contributed by atoms with E-state index in [1.807, 2.05) is 18.5 Å². The molecule has 3 heterocycles. The maximum atomic E-state index is 4.58. The summed E-state index contributed by atoms with van der Waals surface area (Å²) in [7, 11) is 0. The molecule has 4 rings (SSSR count). The van der Waals surface area contributed by atoms with Crippen LogP contribution < -0.4 is 0 Å². The van der Waals surface area contributed by atoms with Crippen LogP contribution in [0.25, 0.3) is 22.3 Å². The molecular weight excluding hydrogens is 262 g/mol. The van der Waals surface area contributed by atoms with Crippen LogP contribution in [0.1, 0.15) is 38.6 Å². The second-order valence-electron chi connectivity index (χ2n) is 6.08. The number of rotatable bonds is 2. The smallest absolute Gasteiger partial charge is 0.141 e. The van der Waals surface area contributed by atoms with E-state index in [-0.39, 0.29) is 0 Å². The molecule has 3 aromatic heterocycles. The van der Waals surface area contributed by atoms with Crippen LogP contribution in [-0.4, -0.2) is 24.7 Å². The summed E-state index contributed by atoms with van der Waals surface area (Å²) in [6.07, 6.45) is 12.6. The number of H-pyrrole nitrogens is 1. The third kappa shape index (κ3) is 2.22. The molecule has 108 valence electrons. The van der Waals surface area contributed by atoms with Crippen LogP contribution in [0, 0.1) is 5.92 Å². The summed E-state index contributed by atoms with van der Waals surface area (Å²) >= 11 is 0. The van der Waals surface area contributed by atoms with Gasteiger partial charge in [0, 0.05) is 23.3 Å². The summed E-state index contributed by atoms with van der Waals surface area (Å²) < 4.78 is 2.13. The van der Waals surface area contributed by atoms with Crippen LogP contribution >= 0.6 is 0 Å². The number of hydrogen-bond acceptors (Lipinski definition) is 3. The van der Waals surface area contributed by atoms with Crippen molar-refractivity contribution in [3.8, 4) is 11.3 Å². The average Bonchev–Trinajstić information content (AvgIpc) is 3.16. The standard InChI is InChI=1S/C16H19N5/c1-11-2-4-13(5-3-11)21-9-12(8-20-21)15-14-6-7-17-16(14)19-10-18-15/h6-11,13H,2-5H2,1H3,(H,17,18,19). The Labute approximate surface area is 123 Å². The van der Waals surface area contributed by atoms with Gasteiger partial charge in [0.2, 0.25) is 0 Å². The van der Waals surface area contributed by atoms with Crippen LogP contribution in [0.4, 0.5) is 0 Å². The lowest BCUT2D eigenvalue weighted by Crippen LogP contribution is -2.16. The first kappa shape index (κ1) is 12.6. The number of hydrogen-bond donors (Lipinski definition) is 1. The molecule has 5 nitrogen and oxygen atoms in total. The van der Waals surface area contributed by atoms with Gasteiger partial charge in [0.25, 0.3) is 0 Å². The van der Waals surface area contributed by atoms with Gasteiger partial charge < -0.3 is 4.98 Å². The molecule has 1 saturated carbocycles. The minimum absolute atomic E-state index is 0.540. The van der Waals surface area contributed by atoms with Crippen LogP contribution in [0.2, 0.25) is 0 Å². The van der Waals surface area contributed by atoms with Gasteiger partial charge in [0.1, 0.15) is 12.0 Å². The van der Waals surface area contributed by atoms with Gasteiger partial charge in [0.15, 0.2) is 0 Å². The van der Waals surface area contributed by atoms with E-state index in [0.29, 0.717) is 6.04 Å². The Morgan fingerprint density at radius 1 is 1.19 bits per heavy atom. The summed E-state index contributed by atoms with van der Waals surface area (Å²) in [4.78, 5) is 11.8. The highest BCUT2D eigenvalue weighted by molar-refractivity contribution is 5.89. The molecule has 0 aliphatic heterocycles. The molecule has 1 fully saturated rings. The Morgan fingerprint density at radius 2 is 2.05 bits per heavy atom. The van der Waals surface area contributed by atoms with Crippen LogP contribution in [0.5, 0.6) is 0 Å². The average molecular weight is 281 g/mol. The molecule has 0 aromatic carbocycles. The Hall–Kier alpha value is -2.17. The van der Waals surface area contributed by atoms with Gasteiger partial charge in [-0.1, -0.05) is 6.92 Å². The summed E-state index contributed by atoms with van der Waals surface area (Å²) in [6, 6.07) is 2.56. The van der Waals surface area contributed by atoms with Gasteiger partial charge in [0.05, 0.1) is 17.9 Å². The molecule has 3 aromatic rings. The van der Waals surface area contributed by atoms with E-state index in [1.165, 1.54) is 25.7 Å². The summed E-state index contributed by atoms with van der Waals surface area (Å²) in [5.74, 6) is 0.859. The quantitative estimate of drug-likeness (QED) is 0.781. The van der Waals surface area contributed by atoms with Crippen molar-refractivity contribution in [1.29, 1.82) is 0 Å². The Balaban J connectivity index is 1.66. The molecule has 21 heavy (non-hydrogen) atoms. The zero-order chi connectivity index (χ0) is 14.2. The second kappa shape index (κ2) is 4.98. The van der Waals surface area contributed by atoms with Gasteiger partial charge in [-0.3, -0.25) is 4.68 Å². The molecule has 0 spiro atoms. The largest absolute Gasteiger partial charge is 0.346 e. The normalized spacial score (nSPS) is 22.7. The molecule has 0 atom stereocenters. The van der Waals surface area contributed by atoms with Crippen molar-refractivity contribution in [3.05, 3.63) is 31.0 Å². The molecule has 0 radical (unpaired) electrons. The van der Waals surface area contributed by atoms with Gasteiger partial charge in [-0.05, 0) is 37.7 Å². The van der Waals surface area contributed by atoms with Crippen molar-refractivity contribution < 1.29 is 0 Å². The third-order valence-electron chi connectivity index (χ3n) is 4.59. The summed E-state index contributed by atoms with van der Waals surface area (Å²) in [5.41, 5.74) is 2.90. The zero-order valence-corrected chi connectivity index (χ0v) is 12.2. The van der Waals surface area contributed by atoms with Crippen molar-refractivity contribution in [1.82, 2.24) is 24.7 Å². The van der Waals surface area contributed by atoms with Gasteiger partial charge in [-0.25, -0.2) is 9.97 Å². The molecular formula is C16H19N5. The predicted molar refractivity (Wildman–Crippen MR) is 81.8 cm³/mol. The summed E-state index contributed by atoms with van der Waals surface area (Å²) in [5, 5.41) is 5.63. The van der Waals surface area contributed by atoms with Crippen molar-refractivity contribution in [2.45, 2.75) is 38.6 Å². The fourth-order valence-corrected chi connectivity index (χ4v) is 3.27. The fourth-order valence-electron chi connectivity index (χ4n) is 3.27. The lowest BCUT2D eigenvalue weighted by Gasteiger charge is -2.26. The Kier molecular flexibility index (Phi) is 2.98. The molecule has 0 unspecified atom stereocenters. The monoisotopic (exact) mass is 281 g/mol. The van der Waals surface area contributed by atoms with Gasteiger partial charge >= 0.3 is 0 Å². The minimum atomic E-state index is 0.540. The zero-order valence-electron chi connectivity index (χ0n) is 12.2. The first-order chi connectivity index (χ1) is 10.3. The van der Waals surface area contributed by atoms with Crippen LogP contribution in [-0.2, 0) is 0 Å². The highest BCUT2D eigenvalue weighted by Gasteiger charge is 2.20. The number of aromatic nitrogens is 5. The van der Waals surface area contributed by atoms with E-state index in [9.17, 15) is 0 Å². The van der Waals surface area contributed by atoms with Crippen molar-refractivity contribution in [2.24, 2.45) is 5.92 Å². The Morgan fingerprint density at radius 3 is 2.90 bits per heavy atom. The maximum absolute atomic E-state index is 4.58. The molecule has 0 amide bonds. The van der Waals surface area contributed by atoms with E-state index in [2.05, 4.69) is 37.9 Å². The van der Waals surface area contributed by atoms with Crippen molar-refractivity contribution >= 4 is 11.0 Å². The predicted octanol–water partition coefficient (Wildman–Crippen LogP) is 3.57. The van der Waals surface area contributed by atoms with Crippen LogP contribution in [0.3, 0.4) is 0 Å². The van der Waals surface area contributed by atoms with E-state index < -0.39 is 0 Å². The molecule has 0 bridgehead atoms. The molecule has 1 aliphatic carbocycles. The summed E-state index contributed by atoms with van der Waals surface area (Å²) in [6.45, 7) is 2.34. The lowest BCUT2D eigenvalue weighted by molar-refractivity contribution is 0.274. The van der Waals surface area contributed by atoms with E-state index >= 15 is 0 Å². The van der Waals surface area contributed by atoms with Gasteiger partial charge in [-0.15, -0.1) is 0 Å². The van der Waals surface area contributed by atoms with E-state index in [4.69, 9.17) is 0 Å².